The zero-order valence-corrected chi connectivity index (χ0v) is 10.2. The van der Waals surface area contributed by atoms with Crippen LogP contribution in [0.5, 0.6) is 0 Å². The molecule has 1 aliphatic carbocycles. The average Bonchev–Trinajstić information content (AvgIpc) is 2.19. The topological polar surface area (TPSA) is 98.7 Å². The normalized spacial score (nSPS) is 20.9. The van der Waals surface area contributed by atoms with Crippen molar-refractivity contribution in [3.05, 3.63) is 0 Å². The van der Waals surface area contributed by atoms with Gasteiger partial charge in [0, 0.05) is 6.54 Å². The number of rotatable bonds is 5. The van der Waals surface area contributed by atoms with E-state index in [1.807, 2.05) is 0 Å². The molecule has 0 aromatic heterocycles. The summed E-state index contributed by atoms with van der Waals surface area (Å²) in [6.45, 7) is 3.94. The Morgan fingerprint density at radius 2 is 2.00 bits per heavy atom. The van der Waals surface area contributed by atoms with Crippen LogP contribution in [0.4, 0.5) is 4.79 Å². The zero-order chi connectivity index (χ0) is 13.1. The van der Waals surface area contributed by atoms with Crippen molar-refractivity contribution in [2.45, 2.75) is 45.3 Å². The molecule has 0 aromatic carbocycles. The summed E-state index contributed by atoms with van der Waals surface area (Å²) in [5, 5.41) is 22.8. The highest BCUT2D eigenvalue weighted by Crippen LogP contribution is 2.39. The van der Waals surface area contributed by atoms with Gasteiger partial charge in [0.15, 0.2) is 6.04 Å². The van der Waals surface area contributed by atoms with E-state index in [1.165, 1.54) is 13.3 Å². The molecule has 2 amide bonds. The van der Waals surface area contributed by atoms with Gasteiger partial charge in [-0.25, -0.2) is 9.59 Å². The Labute approximate surface area is 100 Å². The van der Waals surface area contributed by atoms with Crippen LogP contribution < -0.4 is 10.6 Å². The second-order valence-corrected chi connectivity index (χ2v) is 5.05. The van der Waals surface area contributed by atoms with Gasteiger partial charge >= 0.3 is 12.0 Å². The minimum Gasteiger partial charge on any atom is -0.480 e. The fourth-order valence-corrected chi connectivity index (χ4v) is 1.83. The number of carboxylic acids is 1. The van der Waals surface area contributed by atoms with Crippen molar-refractivity contribution in [2.24, 2.45) is 5.41 Å². The van der Waals surface area contributed by atoms with Crippen molar-refractivity contribution < 1.29 is 19.8 Å². The molecule has 6 nitrogen and oxygen atoms in total. The Kier molecular flexibility index (Phi) is 4.34. The number of urea groups is 1. The molecule has 17 heavy (non-hydrogen) atoms. The van der Waals surface area contributed by atoms with E-state index in [0.717, 1.165) is 12.8 Å². The van der Waals surface area contributed by atoms with E-state index >= 15 is 0 Å². The number of carbonyl (C=O) groups excluding carboxylic acids is 1. The van der Waals surface area contributed by atoms with Crippen LogP contribution in [0.3, 0.4) is 0 Å². The monoisotopic (exact) mass is 244 g/mol. The number of aliphatic hydroxyl groups is 1. The number of amides is 2. The molecule has 0 saturated heterocycles. The number of hydrogen-bond acceptors (Lipinski definition) is 3. The van der Waals surface area contributed by atoms with E-state index < -0.39 is 24.1 Å². The van der Waals surface area contributed by atoms with Crippen LogP contribution in [0.2, 0.25) is 0 Å². The van der Waals surface area contributed by atoms with Crippen LogP contribution in [-0.2, 0) is 4.79 Å². The van der Waals surface area contributed by atoms with Crippen LogP contribution in [-0.4, -0.2) is 40.9 Å². The zero-order valence-electron chi connectivity index (χ0n) is 10.2. The van der Waals surface area contributed by atoms with Crippen molar-refractivity contribution >= 4 is 12.0 Å². The minimum atomic E-state index is -1.27. The molecule has 6 heteroatoms. The Hall–Kier alpha value is -1.30. The van der Waals surface area contributed by atoms with Crippen LogP contribution in [0.15, 0.2) is 0 Å². The number of carbonyl (C=O) groups is 2. The average molecular weight is 244 g/mol. The second-order valence-electron chi connectivity index (χ2n) is 5.05. The predicted molar refractivity (Wildman–Crippen MR) is 61.6 cm³/mol. The molecule has 1 rings (SSSR count). The smallest absolute Gasteiger partial charge is 0.328 e. The molecule has 2 unspecified atom stereocenters. The molecular weight excluding hydrogens is 224 g/mol. The lowest BCUT2D eigenvalue weighted by molar-refractivity contribution is -0.141. The summed E-state index contributed by atoms with van der Waals surface area (Å²) in [5.74, 6) is -1.25. The Balaban J connectivity index is 2.34. The quantitative estimate of drug-likeness (QED) is 0.559. The van der Waals surface area contributed by atoms with Crippen molar-refractivity contribution in [3.63, 3.8) is 0 Å². The molecule has 1 saturated carbocycles. The number of nitrogens with one attached hydrogen (secondary N) is 2. The highest BCUT2D eigenvalue weighted by atomic mass is 16.4. The van der Waals surface area contributed by atoms with Gasteiger partial charge < -0.3 is 20.8 Å². The SMILES string of the molecule is CC(O)C(NC(=O)NCC1(C)CCC1)C(=O)O. The number of carboxylic acid groups (broad SMARTS) is 1. The van der Waals surface area contributed by atoms with Gasteiger partial charge in [-0.3, -0.25) is 0 Å². The van der Waals surface area contributed by atoms with Crippen LogP contribution in [0.1, 0.15) is 33.1 Å². The lowest BCUT2D eigenvalue weighted by Gasteiger charge is -2.38. The fourth-order valence-electron chi connectivity index (χ4n) is 1.83. The van der Waals surface area contributed by atoms with Gasteiger partial charge in [-0.05, 0) is 25.2 Å². The first-order valence-electron chi connectivity index (χ1n) is 5.79. The number of aliphatic hydroxyl groups excluding tert-OH is 1. The third-order valence-electron chi connectivity index (χ3n) is 3.27. The highest BCUT2D eigenvalue weighted by Gasteiger charge is 2.32. The van der Waals surface area contributed by atoms with Crippen LogP contribution in [0.25, 0.3) is 0 Å². The summed E-state index contributed by atoms with van der Waals surface area (Å²) in [5.41, 5.74) is 0.140. The van der Waals surface area contributed by atoms with Crippen LogP contribution >= 0.6 is 0 Å². The summed E-state index contributed by atoms with van der Waals surface area (Å²) in [6, 6.07) is -1.82. The van der Waals surface area contributed by atoms with Gasteiger partial charge in [0.2, 0.25) is 0 Å². The first-order chi connectivity index (χ1) is 7.84. The molecule has 1 fully saturated rings. The van der Waals surface area contributed by atoms with E-state index in [9.17, 15) is 14.7 Å². The van der Waals surface area contributed by atoms with Crippen molar-refractivity contribution in [2.75, 3.05) is 6.54 Å². The van der Waals surface area contributed by atoms with E-state index in [4.69, 9.17) is 5.11 Å². The van der Waals surface area contributed by atoms with E-state index in [2.05, 4.69) is 17.6 Å². The maximum absolute atomic E-state index is 11.5. The first kappa shape index (κ1) is 13.8. The lowest BCUT2D eigenvalue weighted by atomic mass is 9.70. The molecule has 0 radical (unpaired) electrons. The van der Waals surface area contributed by atoms with E-state index in [1.54, 1.807) is 0 Å². The van der Waals surface area contributed by atoms with E-state index in [0.29, 0.717) is 6.54 Å². The fraction of sp³-hybridized carbons (Fsp3) is 0.818. The van der Waals surface area contributed by atoms with Gasteiger partial charge in [0.1, 0.15) is 0 Å². The first-order valence-corrected chi connectivity index (χ1v) is 5.79. The summed E-state index contributed by atoms with van der Waals surface area (Å²) in [6.07, 6.45) is 2.20. The maximum atomic E-state index is 11.5. The summed E-state index contributed by atoms with van der Waals surface area (Å²) in [7, 11) is 0. The van der Waals surface area contributed by atoms with Crippen molar-refractivity contribution in [1.29, 1.82) is 0 Å². The Morgan fingerprint density at radius 1 is 1.41 bits per heavy atom. The lowest BCUT2D eigenvalue weighted by Crippen LogP contribution is -2.53. The molecule has 4 N–H and O–H groups in total. The molecule has 0 aromatic rings. The predicted octanol–water partition coefficient (Wildman–Crippen LogP) is 0.310. The van der Waals surface area contributed by atoms with Gasteiger partial charge in [0.05, 0.1) is 6.10 Å². The van der Waals surface area contributed by atoms with E-state index in [-0.39, 0.29) is 5.41 Å². The molecule has 0 spiro atoms. The summed E-state index contributed by atoms with van der Waals surface area (Å²) in [4.78, 5) is 22.2. The third-order valence-corrected chi connectivity index (χ3v) is 3.27. The Bertz CT molecular complexity index is 300. The number of aliphatic carboxylic acids is 1. The Morgan fingerprint density at radius 3 is 2.35 bits per heavy atom. The summed E-state index contributed by atoms with van der Waals surface area (Å²) >= 11 is 0. The third kappa shape index (κ3) is 3.89. The second kappa shape index (κ2) is 5.35. The molecule has 1 aliphatic rings. The van der Waals surface area contributed by atoms with Gasteiger partial charge in [-0.1, -0.05) is 13.3 Å². The highest BCUT2D eigenvalue weighted by molar-refractivity contribution is 5.82. The van der Waals surface area contributed by atoms with Crippen molar-refractivity contribution in [1.82, 2.24) is 10.6 Å². The molecule has 0 aliphatic heterocycles. The summed E-state index contributed by atoms with van der Waals surface area (Å²) < 4.78 is 0. The maximum Gasteiger partial charge on any atom is 0.328 e. The van der Waals surface area contributed by atoms with Gasteiger partial charge in [0.25, 0.3) is 0 Å². The molecule has 0 bridgehead atoms. The van der Waals surface area contributed by atoms with Crippen molar-refractivity contribution in [3.8, 4) is 0 Å². The standard InChI is InChI=1S/C11H20N2O4/c1-7(14)8(9(15)16)13-10(17)12-6-11(2)4-3-5-11/h7-8,14H,3-6H2,1-2H3,(H,15,16)(H2,12,13,17). The number of hydrogen-bond donors (Lipinski definition) is 4. The van der Waals surface area contributed by atoms with Crippen LogP contribution in [0, 0.1) is 5.41 Å². The molecule has 98 valence electrons. The van der Waals surface area contributed by atoms with Gasteiger partial charge in [-0.15, -0.1) is 0 Å². The molecular formula is C11H20N2O4. The van der Waals surface area contributed by atoms with Gasteiger partial charge in [-0.2, -0.15) is 0 Å². The molecule has 0 heterocycles. The minimum absolute atomic E-state index is 0.140. The largest absolute Gasteiger partial charge is 0.480 e. The molecule has 2 atom stereocenters.